The van der Waals surface area contributed by atoms with Gasteiger partial charge in [0.05, 0.1) is 0 Å². The van der Waals surface area contributed by atoms with E-state index in [1.165, 1.54) is 11.6 Å². The third kappa shape index (κ3) is 7.13. The molecule has 5 N–H and O–H groups in total. The molecule has 2 atom stereocenters. The van der Waals surface area contributed by atoms with Crippen LogP contribution in [0, 0.1) is 0 Å². The van der Waals surface area contributed by atoms with Gasteiger partial charge in [0, 0.05) is 0 Å². The number of nitrogens with one attached hydrogen (secondary N) is 2. The normalized spacial score (nSPS) is 13.1. The summed E-state index contributed by atoms with van der Waals surface area (Å²) in [5.74, 6) is -0.0196. The van der Waals surface area contributed by atoms with Crippen molar-refractivity contribution in [3.8, 4) is 5.75 Å². The van der Waals surface area contributed by atoms with Crippen LogP contribution in [0.25, 0.3) is 0 Å². The number of phenols is 1. The van der Waals surface area contributed by atoms with Crippen molar-refractivity contribution >= 4 is 33.5 Å². The van der Waals surface area contributed by atoms with Crippen molar-refractivity contribution in [2.24, 2.45) is 0 Å². The van der Waals surface area contributed by atoms with Crippen molar-refractivity contribution in [2.45, 2.75) is 29.0 Å². The van der Waals surface area contributed by atoms with Crippen molar-refractivity contribution < 1.29 is 20.1 Å². The Hall–Kier alpha value is -2.79. The van der Waals surface area contributed by atoms with E-state index in [-0.39, 0.29) is 21.5 Å². The molecule has 7 heteroatoms. The van der Waals surface area contributed by atoms with Gasteiger partial charge in [-0.1, -0.05) is 6.07 Å². The Morgan fingerprint density at radius 2 is 1.66 bits per heavy atom. The van der Waals surface area contributed by atoms with Crippen LogP contribution in [-0.4, -0.2) is 44.0 Å². The van der Waals surface area contributed by atoms with Gasteiger partial charge in [0.2, 0.25) is 0 Å². The van der Waals surface area contributed by atoms with E-state index in [1.54, 1.807) is 12.1 Å². The molecule has 0 spiro atoms. The van der Waals surface area contributed by atoms with Gasteiger partial charge in [-0.25, -0.2) is 0 Å². The summed E-state index contributed by atoms with van der Waals surface area (Å²) in [6.07, 6.45) is 0.298. The molecule has 0 saturated carbocycles. The molecule has 1 radical (unpaired) electrons. The summed E-state index contributed by atoms with van der Waals surface area (Å²) in [6, 6.07) is 22.6. The van der Waals surface area contributed by atoms with E-state index < -0.39 is 12.2 Å². The Labute approximate surface area is 195 Å². The Kier molecular flexibility index (Phi) is 9.17. The standard InChI is InChI=1S/C25H28AsN2O4/c29-17-28-22-14-20(8-11-23(22)30)24(31)15-26-13-12-18-6-9-21(10-7-18)27-16-25(32)19-4-2-1-3-5-19/h1-11,14,17,24-25,27,30-32H,12-13,15-16H2,(H,28,29). The molecule has 1 amide bonds. The SMILES string of the molecule is O=CNc1cc(C(O)C[As]CCc2ccc(NCC(O)c3ccccc3)cc2)ccc1O. The van der Waals surface area contributed by atoms with E-state index in [9.17, 15) is 20.1 Å². The third-order valence-corrected chi connectivity index (χ3v) is 7.52. The minimum atomic E-state index is -0.606. The molecule has 0 aliphatic heterocycles. The van der Waals surface area contributed by atoms with Gasteiger partial charge in [-0.3, -0.25) is 0 Å². The van der Waals surface area contributed by atoms with Crippen LogP contribution in [0.4, 0.5) is 11.4 Å². The summed E-state index contributed by atoms with van der Waals surface area (Å²) in [5, 5.41) is 37.8. The average Bonchev–Trinajstić information content (AvgIpc) is 2.83. The molecule has 2 unspecified atom stereocenters. The number of rotatable bonds is 12. The van der Waals surface area contributed by atoms with Crippen molar-refractivity contribution in [3.05, 3.63) is 89.5 Å². The number of amides is 1. The van der Waals surface area contributed by atoms with Crippen LogP contribution in [0.15, 0.2) is 72.8 Å². The average molecular weight is 495 g/mol. The number of hydrogen-bond acceptors (Lipinski definition) is 5. The second-order valence-electron chi connectivity index (χ2n) is 7.44. The fourth-order valence-corrected chi connectivity index (χ4v) is 5.48. The number of aliphatic hydroxyl groups excluding tert-OH is 2. The molecule has 3 aromatic carbocycles. The van der Waals surface area contributed by atoms with Crippen molar-refractivity contribution in [3.63, 3.8) is 0 Å². The molecule has 0 aromatic heterocycles. The molecule has 167 valence electrons. The van der Waals surface area contributed by atoms with Crippen LogP contribution in [0.2, 0.25) is 10.4 Å². The Morgan fingerprint density at radius 1 is 0.906 bits per heavy atom. The van der Waals surface area contributed by atoms with Gasteiger partial charge < -0.3 is 0 Å². The number of aryl methyl sites for hydroxylation is 1. The summed E-state index contributed by atoms with van der Waals surface area (Å²) >= 11 is -0.0402. The summed E-state index contributed by atoms with van der Waals surface area (Å²) in [7, 11) is 0. The number of phenolic OH excluding ortho intramolecular Hbond substituents is 1. The van der Waals surface area contributed by atoms with Crippen molar-refractivity contribution in [1.29, 1.82) is 0 Å². The quantitative estimate of drug-likeness (QED) is 0.114. The molecule has 0 fully saturated rings. The molecule has 0 saturated heterocycles. The topological polar surface area (TPSA) is 102 Å². The first-order valence-corrected chi connectivity index (χ1v) is 13.1. The molecule has 32 heavy (non-hydrogen) atoms. The van der Waals surface area contributed by atoms with E-state index >= 15 is 0 Å². The summed E-state index contributed by atoms with van der Waals surface area (Å²) in [5.41, 5.74) is 4.10. The predicted molar refractivity (Wildman–Crippen MR) is 128 cm³/mol. The van der Waals surface area contributed by atoms with E-state index in [0.717, 1.165) is 22.9 Å². The zero-order valence-electron chi connectivity index (χ0n) is 17.7. The Bertz CT molecular complexity index is 983. The summed E-state index contributed by atoms with van der Waals surface area (Å²) in [4.78, 5) is 10.6. The first-order valence-electron chi connectivity index (χ1n) is 10.5. The second kappa shape index (κ2) is 12.3. The Balaban J connectivity index is 1.40. The number of anilines is 2. The second-order valence-corrected chi connectivity index (χ2v) is 10.1. The van der Waals surface area contributed by atoms with Gasteiger partial charge in [-0.2, -0.15) is 0 Å². The van der Waals surface area contributed by atoms with Gasteiger partial charge in [0.15, 0.2) is 0 Å². The van der Waals surface area contributed by atoms with E-state index in [2.05, 4.69) is 22.8 Å². The zero-order chi connectivity index (χ0) is 22.8. The van der Waals surface area contributed by atoms with Gasteiger partial charge >= 0.3 is 189 Å². The van der Waals surface area contributed by atoms with Gasteiger partial charge in [-0.15, -0.1) is 0 Å². The molecule has 3 rings (SSSR count). The number of aromatic hydroxyl groups is 1. The van der Waals surface area contributed by atoms with E-state index in [4.69, 9.17) is 0 Å². The third-order valence-electron chi connectivity index (χ3n) is 5.12. The number of benzene rings is 3. The van der Waals surface area contributed by atoms with Crippen LogP contribution >= 0.6 is 0 Å². The Morgan fingerprint density at radius 3 is 2.38 bits per heavy atom. The molecule has 3 aromatic rings. The maximum absolute atomic E-state index is 10.6. The molecular weight excluding hydrogens is 467 g/mol. The molecule has 0 aliphatic carbocycles. The van der Waals surface area contributed by atoms with Gasteiger partial charge in [0.1, 0.15) is 0 Å². The molecular formula is C25H28AsN2O4. The molecule has 6 nitrogen and oxygen atoms in total. The van der Waals surface area contributed by atoms with Crippen LogP contribution in [0.1, 0.15) is 28.9 Å². The van der Waals surface area contributed by atoms with Crippen molar-refractivity contribution in [2.75, 3.05) is 17.2 Å². The van der Waals surface area contributed by atoms with Gasteiger partial charge in [0.25, 0.3) is 0 Å². The molecule has 0 bridgehead atoms. The van der Waals surface area contributed by atoms with Crippen LogP contribution in [-0.2, 0) is 11.2 Å². The minimum absolute atomic E-state index is 0.0196. The maximum atomic E-state index is 10.6. The number of aliphatic hydroxyl groups is 2. The first-order chi connectivity index (χ1) is 15.6. The van der Waals surface area contributed by atoms with E-state index in [0.29, 0.717) is 29.4 Å². The molecule has 0 aliphatic rings. The van der Waals surface area contributed by atoms with Crippen molar-refractivity contribution in [1.82, 2.24) is 0 Å². The fraction of sp³-hybridized carbons (Fsp3) is 0.240. The zero-order valence-corrected chi connectivity index (χ0v) is 19.6. The number of carbonyl (C=O) groups excluding carboxylic acids is 1. The molecule has 0 heterocycles. The van der Waals surface area contributed by atoms with Crippen LogP contribution in [0.5, 0.6) is 5.75 Å². The van der Waals surface area contributed by atoms with E-state index in [1.807, 2.05) is 42.5 Å². The summed E-state index contributed by atoms with van der Waals surface area (Å²) < 4.78 is 0. The fourth-order valence-electron chi connectivity index (χ4n) is 3.26. The number of hydrogen-bond donors (Lipinski definition) is 5. The predicted octanol–water partition coefficient (Wildman–Crippen LogP) is 3.92. The monoisotopic (exact) mass is 495 g/mol. The summed E-state index contributed by atoms with van der Waals surface area (Å²) in [6.45, 7) is 0.452. The number of carbonyl (C=O) groups is 1. The van der Waals surface area contributed by atoms with Crippen LogP contribution < -0.4 is 10.6 Å². The van der Waals surface area contributed by atoms with Gasteiger partial charge in [-0.05, 0) is 0 Å². The first kappa shape index (κ1) is 23.9. The van der Waals surface area contributed by atoms with Crippen LogP contribution in [0.3, 0.4) is 0 Å².